The lowest BCUT2D eigenvalue weighted by atomic mass is 9.82. The molecule has 0 aromatic rings. The van der Waals surface area contributed by atoms with Gasteiger partial charge in [0.1, 0.15) is 0 Å². The van der Waals surface area contributed by atoms with Gasteiger partial charge >= 0.3 is 0 Å². The Morgan fingerprint density at radius 2 is 1.80 bits per heavy atom. The van der Waals surface area contributed by atoms with E-state index in [1.54, 1.807) is 0 Å². The fraction of sp³-hybridized carbons (Fsp3) is 1.00. The number of hydrogen-bond acceptors (Lipinski definition) is 2. The summed E-state index contributed by atoms with van der Waals surface area (Å²) in [4.78, 5) is 2.64. The lowest BCUT2D eigenvalue weighted by Crippen LogP contribution is -2.54. The largest absolute Gasteiger partial charge is 0.314 e. The van der Waals surface area contributed by atoms with Gasteiger partial charge in [0.25, 0.3) is 0 Å². The van der Waals surface area contributed by atoms with Crippen molar-refractivity contribution >= 4 is 0 Å². The van der Waals surface area contributed by atoms with E-state index in [0.29, 0.717) is 0 Å². The molecule has 2 unspecified atom stereocenters. The van der Waals surface area contributed by atoms with Crippen molar-refractivity contribution in [2.75, 3.05) is 13.6 Å². The van der Waals surface area contributed by atoms with Gasteiger partial charge in [-0.2, -0.15) is 0 Å². The zero-order chi connectivity index (χ0) is 10.8. The molecule has 0 amide bonds. The molecule has 2 atom stereocenters. The summed E-state index contributed by atoms with van der Waals surface area (Å²) < 4.78 is 0. The van der Waals surface area contributed by atoms with Gasteiger partial charge in [0.05, 0.1) is 0 Å². The molecule has 0 aliphatic carbocycles. The van der Waals surface area contributed by atoms with Crippen molar-refractivity contribution in [1.82, 2.24) is 10.2 Å². The Labute approximate surface area is 94.4 Å². The highest BCUT2D eigenvalue weighted by Gasteiger charge is 2.35. The number of piperidine rings is 2. The number of nitrogens with one attached hydrogen (secondary N) is 1. The van der Waals surface area contributed by atoms with Crippen LogP contribution in [0.3, 0.4) is 0 Å². The van der Waals surface area contributed by atoms with Crippen LogP contribution in [0.15, 0.2) is 0 Å². The predicted molar refractivity (Wildman–Crippen MR) is 65.1 cm³/mol. The molecule has 2 saturated heterocycles. The Morgan fingerprint density at radius 1 is 1.20 bits per heavy atom. The van der Waals surface area contributed by atoms with E-state index in [0.717, 1.165) is 24.0 Å². The van der Waals surface area contributed by atoms with Crippen molar-refractivity contribution in [3.63, 3.8) is 0 Å². The highest BCUT2D eigenvalue weighted by atomic mass is 15.2. The maximum Gasteiger partial charge on any atom is 0.0110 e. The minimum Gasteiger partial charge on any atom is -0.314 e. The van der Waals surface area contributed by atoms with Gasteiger partial charge in [-0.05, 0) is 45.2 Å². The van der Waals surface area contributed by atoms with E-state index >= 15 is 0 Å². The third-order valence-electron chi connectivity index (χ3n) is 4.15. The second kappa shape index (κ2) is 4.84. The van der Waals surface area contributed by atoms with E-state index in [9.17, 15) is 0 Å². The SMILES string of the molecule is CC(C)CNC1CC2CCCC(C1)N2C. The average molecular weight is 210 g/mol. The third-order valence-corrected chi connectivity index (χ3v) is 4.15. The van der Waals surface area contributed by atoms with Crippen molar-refractivity contribution in [1.29, 1.82) is 0 Å². The molecule has 0 saturated carbocycles. The molecule has 0 aromatic heterocycles. The van der Waals surface area contributed by atoms with Crippen molar-refractivity contribution in [3.05, 3.63) is 0 Å². The monoisotopic (exact) mass is 210 g/mol. The molecule has 15 heavy (non-hydrogen) atoms. The van der Waals surface area contributed by atoms with Crippen molar-refractivity contribution in [2.45, 2.75) is 64.1 Å². The molecule has 2 bridgehead atoms. The van der Waals surface area contributed by atoms with Gasteiger partial charge in [-0.3, -0.25) is 0 Å². The quantitative estimate of drug-likeness (QED) is 0.768. The summed E-state index contributed by atoms with van der Waals surface area (Å²) >= 11 is 0. The fourth-order valence-corrected chi connectivity index (χ4v) is 3.18. The zero-order valence-corrected chi connectivity index (χ0v) is 10.5. The molecule has 0 spiro atoms. The molecular weight excluding hydrogens is 184 g/mol. The molecule has 2 rings (SSSR count). The molecule has 2 fully saturated rings. The smallest absolute Gasteiger partial charge is 0.0110 e. The van der Waals surface area contributed by atoms with E-state index < -0.39 is 0 Å². The second-order valence-corrected chi connectivity index (χ2v) is 5.87. The van der Waals surface area contributed by atoms with E-state index in [-0.39, 0.29) is 0 Å². The Hall–Kier alpha value is -0.0800. The predicted octanol–water partition coefficient (Wildman–Crippen LogP) is 2.25. The van der Waals surface area contributed by atoms with Crippen LogP contribution < -0.4 is 5.32 Å². The third kappa shape index (κ3) is 2.73. The minimum atomic E-state index is 0.782. The summed E-state index contributed by atoms with van der Waals surface area (Å²) in [6, 6.07) is 2.52. The van der Waals surface area contributed by atoms with Crippen LogP contribution >= 0.6 is 0 Å². The van der Waals surface area contributed by atoms with Crippen molar-refractivity contribution in [3.8, 4) is 0 Å². The van der Waals surface area contributed by atoms with Crippen molar-refractivity contribution < 1.29 is 0 Å². The van der Waals surface area contributed by atoms with Crippen LogP contribution in [0, 0.1) is 5.92 Å². The van der Waals surface area contributed by atoms with E-state index in [2.05, 4.69) is 31.1 Å². The maximum absolute atomic E-state index is 3.74. The van der Waals surface area contributed by atoms with Gasteiger partial charge in [0, 0.05) is 18.1 Å². The summed E-state index contributed by atoms with van der Waals surface area (Å²) in [5.74, 6) is 0.782. The van der Waals surface area contributed by atoms with Crippen LogP contribution in [0.4, 0.5) is 0 Å². The highest BCUT2D eigenvalue weighted by molar-refractivity contribution is 4.93. The Balaban J connectivity index is 1.84. The van der Waals surface area contributed by atoms with E-state index in [1.807, 2.05) is 0 Å². The molecule has 0 radical (unpaired) electrons. The lowest BCUT2D eigenvalue weighted by Gasteiger charge is -2.47. The van der Waals surface area contributed by atoms with Crippen molar-refractivity contribution in [2.24, 2.45) is 5.92 Å². The van der Waals surface area contributed by atoms with Gasteiger partial charge in [-0.25, -0.2) is 0 Å². The normalized spacial score (nSPS) is 37.2. The summed E-state index contributed by atoms with van der Waals surface area (Å²) in [7, 11) is 2.33. The first-order chi connectivity index (χ1) is 7.16. The van der Waals surface area contributed by atoms with Crippen LogP contribution in [0.1, 0.15) is 46.0 Å². The molecule has 1 N–H and O–H groups in total. The number of rotatable bonds is 3. The van der Waals surface area contributed by atoms with Crippen LogP contribution in [0.5, 0.6) is 0 Å². The molecule has 2 nitrogen and oxygen atoms in total. The standard InChI is InChI=1S/C13H26N2/c1-10(2)9-14-11-7-12-5-4-6-13(8-11)15(12)3/h10-14H,4-9H2,1-3H3. The summed E-state index contributed by atoms with van der Waals surface area (Å²) in [6.07, 6.45) is 7.05. The topological polar surface area (TPSA) is 15.3 Å². The fourth-order valence-electron chi connectivity index (χ4n) is 3.18. The maximum atomic E-state index is 3.74. The first-order valence-electron chi connectivity index (χ1n) is 6.62. The lowest BCUT2D eigenvalue weighted by molar-refractivity contribution is 0.0480. The zero-order valence-electron chi connectivity index (χ0n) is 10.5. The molecule has 2 aliphatic rings. The van der Waals surface area contributed by atoms with Crippen LogP contribution in [0.2, 0.25) is 0 Å². The van der Waals surface area contributed by atoms with Crippen LogP contribution in [0.25, 0.3) is 0 Å². The molecule has 0 aromatic carbocycles. The number of fused-ring (bicyclic) bond motifs is 2. The summed E-state index contributed by atoms with van der Waals surface area (Å²) in [5, 5.41) is 3.74. The first kappa shape index (κ1) is 11.4. The molecule has 2 heterocycles. The van der Waals surface area contributed by atoms with Crippen LogP contribution in [-0.4, -0.2) is 36.6 Å². The summed E-state index contributed by atoms with van der Waals surface area (Å²) in [5.41, 5.74) is 0. The van der Waals surface area contributed by atoms with Gasteiger partial charge in [0.15, 0.2) is 0 Å². The van der Waals surface area contributed by atoms with Gasteiger partial charge < -0.3 is 10.2 Å². The first-order valence-corrected chi connectivity index (χ1v) is 6.62. The average Bonchev–Trinajstić information content (AvgIpc) is 2.15. The Bertz CT molecular complexity index is 189. The number of nitrogens with zero attached hydrogens (tertiary/aromatic N) is 1. The number of hydrogen-bond donors (Lipinski definition) is 1. The minimum absolute atomic E-state index is 0.782. The van der Waals surface area contributed by atoms with Gasteiger partial charge in [0.2, 0.25) is 0 Å². The molecular formula is C13H26N2. The van der Waals surface area contributed by atoms with E-state index in [4.69, 9.17) is 0 Å². The molecule has 2 heteroatoms. The Morgan fingerprint density at radius 3 is 2.33 bits per heavy atom. The van der Waals surface area contributed by atoms with Gasteiger partial charge in [-0.1, -0.05) is 20.3 Å². The molecule has 88 valence electrons. The highest BCUT2D eigenvalue weighted by Crippen LogP contribution is 2.32. The molecule has 2 aliphatic heterocycles. The van der Waals surface area contributed by atoms with Crippen LogP contribution in [-0.2, 0) is 0 Å². The second-order valence-electron chi connectivity index (χ2n) is 5.87. The Kier molecular flexibility index (Phi) is 3.68. The summed E-state index contributed by atoms with van der Waals surface area (Å²) in [6.45, 7) is 5.78. The van der Waals surface area contributed by atoms with E-state index in [1.165, 1.54) is 38.6 Å². The van der Waals surface area contributed by atoms with Gasteiger partial charge in [-0.15, -0.1) is 0 Å².